The van der Waals surface area contributed by atoms with E-state index in [9.17, 15) is 14.4 Å². The lowest BCUT2D eigenvalue weighted by Crippen LogP contribution is -2.11. The smallest absolute Gasteiger partial charge is 0.372 e. The molecule has 0 rings (SSSR count). The number of aliphatic carboxylic acids is 1. The van der Waals surface area contributed by atoms with E-state index >= 15 is 0 Å². The SMILES string of the molecule is O=C(Cl)CCCCC(=O)C(=O)O. The zero-order valence-electron chi connectivity index (χ0n) is 6.38. The topological polar surface area (TPSA) is 71.4 Å². The highest BCUT2D eigenvalue weighted by Crippen LogP contribution is 2.02. The summed E-state index contributed by atoms with van der Waals surface area (Å²) in [6, 6.07) is 0. The maximum absolute atomic E-state index is 10.5. The van der Waals surface area contributed by atoms with Crippen molar-refractivity contribution in [2.24, 2.45) is 0 Å². The lowest BCUT2D eigenvalue weighted by Gasteiger charge is -1.93. The highest BCUT2D eigenvalue weighted by atomic mass is 35.5. The second-order valence-corrected chi connectivity index (χ2v) is 2.71. The Bertz CT molecular complexity index is 200. The van der Waals surface area contributed by atoms with Crippen molar-refractivity contribution in [2.45, 2.75) is 25.7 Å². The van der Waals surface area contributed by atoms with Crippen LogP contribution in [0.2, 0.25) is 0 Å². The zero-order chi connectivity index (χ0) is 9.56. The van der Waals surface area contributed by atoms with Crippen molar-refractivity contribution in [1.82, 2.24) is 0 Å². The van der Waals surface area contributed by atoms with E-state index < -0.39 is 17.0 Å². The van der Waals surface area contributed by atoms with E-state index in [1.54, 1.807) is 0 Å². The second kappa shape index (κ2) is 5.71. The minimum Gasteiger partial charge on any atom is -0.476 e. The standard InChI is InChI=1S/C7H9ClO4/c8-6(10)4-2-1-3-5(9)7(11)12/h1-4H2,(H,11,12). The molecule has 0 bridgehead atoms. The molecule has 0 aromatic rings. The van der Waals surface area contributed by atoms with Gasteiger partial charge in [-0.15, -0.1) is 0 Å². The molecule has 4 nitrogen and oxygen atoms in total. The lowest BCUT2D eigenvalue weighted by molar-refractivity contribution is -0.149. The van der Waals surface area contributed by atoms with E-state index in [0.717, 1.165) is 0 Å². The maximum Gasteiger partial charge on any atom is 0.372 e. The van der Waals surface area contributed by atoms with Gasteiger partial charge in [-0.3, -0.25) is 9.59 Å². The molecule has 0 radical (unpaired) electrons. The van der Waals surface area contributed by atoms with Gasteiger partial charge in [0, 0.05) is 12.8 Å². The van der Waals surface area contributed by atoms with Gasteiger partial charge >= 0.3 is 5.97 Å². The van der Waals surface area contributed by atoms with Gasteiger partial charge in [0.1, 0.15) is 0 Å². The van der Waals surface area contributed by atoms with Crippen molar-refractivity contribution in [1.29, 1.82) is 0 Å². The number of unbranched alkanes of at least 4 members (excludes halogenated alkanes) is 1. The van der Waals surface area contributed by atoms with Crippen LogP contribution in [0.25, 0.3) is 0 Å². The van der Waals surface area contributed by atoms with Crippen LogP contribution in [0.15, 0.2) is 0 Å². The van der Waals surface area contributed by atoms with Crippen molar-refractivity contribution < 1.29 is 19.5 Å². The molecule has 0 fully saturated rings. The lowest BCUT2D eigenvalue weighted by atomic mass is 10.1. The zero-order valence-corrected chi connectivity index (χ0v) is 7.13. The van der Waals surface area contributed by atoms with Crippen molar-refractivity contribution in [3.05, 3.63) is 0 Å². The van der Waals surface area contributed by atoms with Gasteiger partial charge in [0.25, 0.3) is 0 Å². The van der Waals surface area contributed by atoms with Crippen molar-refractivity contribution in [3.8, 4) is 0 Å². The van der Waals surface area contributed by atoms with Crippen LogP contribution in [0.4, 0.5) is 0 Å². The van der Waals surface area contributed by atoms with Crippen LogP contribution in [0.3, 0.4) is 0 Å². The molecule has 68 valence electrons. The molecule has 0 saturated carbocycles. The van der Waals surface area contributed by atoms with Crippen LogP contribution in [0.5, 0.6) is 0 Å². The first-order valence-corrected chi connectivity index (χ1v) is 3.86. The van der Waals surface area contributed by atoms with Crippen LogP contribution < -0.4 is 0 Å². The summed E-state index contributed by atoms with van der Waals surface area (Å²) < 4.78 is 0. The molecule has 0 spiro atoms. The number of carbonyl (C=O) groups is 3. The molecule has 0 atom stereocenters. The first-order valence-electron chi connectivity index (χ1n) is 3.48. The molecule has 0 saturated heterocycles. The number of halogens is 1. The van der Waals surface area contributed by atoms with Crippen LogP contribution in [0.1, 0.15) is 25.7 Å². The molecule has 0 aliphatic heterocycles. The predicted octanol–water partition coefficient (Wildman–Crippen LogP) is 0.966. The van der Waals surface area contributed by atoms with Crippen molar-refractivity contribution >= 4 is 28.6 Å². The molecular weight excluding hydrogens is 184 g/mol. The van der Waals surface area contributed by atoms with Gasteiger partial charge in [0.2, 0.25) is 11.0 Å². The van der Waals surface area contributed by atoms with Crippen molar-refractivity contribution in [3.63, 3.8) is 0 Å². The average molecular weight is 193 g/mol. The van der Waals surface area contributed by atoms with E-state index in [4.69, 9.17) is 16.7 Å². The Balaban J connectivity index is 3.38. The van der Waals surface area contributed by atoms with E-state index in [0.29, 0.717) is 12.8 Å². The number of hydrogen-bond donors (Lipinski definition) is 1. The summed E-state index contributed by atoms with van der Waals surface area (Å²) in [6.07, 6.45) is 1.01. The third-order valence-electron chi connectivity index (χ3n) is 1.27. The average Bonchev–Trinajstić information content (AvgIpc) is 1.97. The van der Waals surface area contributed by atoms with E-state index in [2.05, 4.69) is 0 Å². The highest BCUT2D eigenvalue weighted by Gasteiger charge is 2.10. The Kier molecular flexibility index (Phi) is 5.28. The van der Waals surface area contributed by atoms with E-state index in [1.165, 1.54) is 0 Å². The maximum atomic E-state index is 10.5. The third-order valence-corrected chi connectivity index (χ3v) is 1.45. The molecule has 0 aromatic heterocycles. The minimum absolute atomic E-state index is 0.0283. The van der Waals surface area contributed by atoms with Crippen LogP contribution in [0, 0.1) is 0 Å². The summed E-state index contributed by atoms with van der Waals surface area (Å²) in [7, 11) is 0. The summed E-state index contributed by atoms with van der Waals surface area (Å²) in [6.45, 7) is 0. The van der Waals surface area contributed by atoms with E-state index in [-0.39, 0.29) is 12.8 Å². The summed E-state index contributed by atoms with van der Waals surface area (Å²) in [5, 5.41) is 7.69. The predicted molar refractivity (Wildman–Crippen MR) is 42.0 cm³/mol. The Morgan fingerprint density at radius 2 is 1.58 bits per heavy atom. The summed E-state index contributed by atoms with van der Waals surface area (Å²) in [5.41, 5.74) is 0. The Morgan fingerprint density at radius 3 is 2.00 bits per heavy atom. The Hall–Kier alpha value is -0.900. The Labute approximate surface area is 74.5 Å². The number of ketones is 1. The van der Waals surface area contributed by atoms with Gasteiger partial charge < -0.3 is 5.11 Å². The first kappa shape index (κ1) is 11.1. The van der Waals surface area contributed by atoms with Crippen molar-refractivity contribution in [2.75, 3.05) is 0 Å². The fourth-order valence-electron chi connectivity index (χ4n) is 0.656. The van der Waals surface area contributed by atoms with Gasteiger partial charge in [-0.25, -0.2) is 4.79 Å². The molecule has 0 amide bonds. The number of hydrogen-bond acceptors (Lipinski definition) is 3. The number of carboxylic acid groups (broad SMARTS) is 1. The van der Waals surface area contributed by atoms with Crippen LogP contribution in [-0.2, 0) is 14.4 Å². The normalized spacial score (nSPS) is 9.42. The minimum atomic E-state index is -1.42. The first-order chi connectivity index (χ1) is 5.54. The number of carboxylic acids is 1. The fraction of sp³-hybridized carbons (Fsp3) is 0.571. The summed E-state index contributed by atoms with van der Waals surface area (Å²) >= 11 is 5.02. The van der Waals surface area contributed by atoms with Gasteiger partial charge in [0.15, 0.2) is 0 Å². The van der Waals surface area contributed by atoms with Gasteiger partial charge in [-0.1, -0.05) is 0 Å². The van der Waals surface area contributed by atoms with Gasteiger partial charge in [0.05, 0.1) is 0 Å². The second-order valence-electron chi connectivity index (χ2n) is 2.29. The number of Topliss-reactive ketones (excluding diaryl/α,β-unsaturated/α-hetero) is 1. The summed E-state index contributed by atoms with van der Waals surface area (Å²) in [5.74, 6) is -2.25. The highest BCUT2D eigenvalue weighted by molar-refractivity contribution is 6.63. The molecule has 0 aliphatic rings. The quantitative estimate of drug-likeness (QED) is 0.387. The number of rotatable bonds is 6. The molecule has 0 heterocycles. The van der Waals surface area contributed by atoms with Crippen LogP contribution in [-0.4, -0.2) is 22.1 Å². The largest absolute Gasteiger partial charge is 0.476 e. The molecule has 12 heavy (non-hydrogen) atoms. The molecular formula is C7H9ClO4. The van der Waals surface area contributed by atoms with E-state index in [1.807, 2.05) is 0 Å². The molecule has 1 N–H and O–H groups in total. The molecule has 0 unspecified atom stereocenters. The fourth-order valence-corrected chi connectivity index (χ4v) is 0.790. The molecule has 0 aliphatic carbocycles. The van der Waals surface area contributed by atoms with Gasteiger partial charge in [-0.05, 0) is 24.4 Å². The number of carbonyl (C=O) groups excluding carboxylic acids is 2. The van der Waals surface area contributed by atoms with Crippen LogP contribution >= 0.6 is 11.6 Å². The molecule has 5 heteroatoms. The monoisotopic (exact) mass is 192 g/mol. The molecule has 0 aromatic carbocycles. The summed E-state index contributed by atoms with van der Waals surface area (Å²) in [4.78, 5) is 30.6. The third kappa shape index (κ3) is 5.85. The van der Waals surface area contributed by atoms with Gasteiger partial charge in [-0.2, -0.15) is 0 Å². The Morgan fingerprint density at radius 1 is 1.08 bits per heavy atom.